The third-order valence-corrected chi connectivity index (χ3v) is 3.51. The van der Waals surface area contributed by atoms with Crippen LogP contribution < -0.4 is 10.1 Å². The molecule has 0 aromatic heterocycles. The molecule has 3 nitrogen and oxygen atoms in total. The average molecular weight is 247 g/mol. The highest BCUT2D eigenvalue weighted by molar-refractivity contribution is 5.77. The van der Waals surface area contributed by atoms with E-state index in [1.165, 1.54) is 6.42 Å². The average Bonchev–Trinajstić information content (AvgIpc) is 2.74. The minimum atomic E-state index is -0.0163. The number of hydrogen-bond donors (Lipinski definition) is 1. The molecule has 1 aliphatic rings. The fourth-order valence-corrected chi connectivity index (χ4v) is 2.47. The van der Waals surface area contributed by atoms with Crippen molar-refractivity contribution in [2.75, 3.05) is 6.61 Å². The molecular formula is C15H21NO2. The molecule has 0 saturated heterocycles. The molecule has 1 N–H and O–H groups in total. The molecule has 2 unspecified atom stereocenters. The SMILES string of the molecule is Cc1ccccc1OCC(=O)NC1CCC(C)C1. The van der Waals surface area contributed by atoms with E-state index in [4.69, 9.17) is 4.74 Å². The Morgan fingerprint density at radius 3 is 2.83 bits per heavy atom. The Morgan fingerprint density at radius 1 is 1.39 bits per heavy atom. The zero-order valence-corrected chi connectivity index (χ0v) is 11.1. The highest BCUT2D eigenvalue weighted by Gasteiger charge is 2.22. The highest BCUT2D eigenvalue weighted by Crippen LogP contribution is 2.24. The van der Waals surface area contributed by atoms with Crippen LogP contribution in [0, 0.1) is 12.8 Å². The molecular weight excluding hydrogens is 226 g/mol. The lowest BCUT2D eigenvalue weighted by Crippen LogP contribution is -2.36. The van der Waals surface area contributed by atoms with Crippen molar-refractivity contribution in [2.45, 2.75) is 39.2 Å². The summed E-state index contributed by atoms with van der Waals surface area (Å²) in [7, 11) is 0. The van der Waals surface area contributed by atoms with Gasteiger partial charge in [-0.3, -0.25) is 4.79 Å². The molecule has 2 rings (SSSR count). The summed E-state index contributed by atoms with van der Waals surface area (Å²) in [5, 5.41) is 3.04. The standard InChI is InChI=1S/C15H21NO2/c1-11-7-8-13(9-11)16-15(17)10-18-14-6-4-3-5-12(14)2/h3-6,11,13H,7-10H2,1-2H3,(H,16,17). The molecule has 0 aliphatic heterocycles. The first-order valence-electron chi connectivity index (χ1n) is 6.63. The van der Waals surface area contributed by atoms with Gasteiger partial charge < -0.3 is 10.1 Å². The molecule has 98 valence electrons. The summed E-state index contributed by atoms with van der Waals surface area (Å²) in [5.74, 6) is 1.50. The number of rotatable bonds is 4. The summed E-state index contributed by atoms with van der Waals surface area (Å²) >= 11 is 0. The van der Waals surface area contributed by atoms with Crippen LogP contribution in [0.1, 0.15) is 31.7 Å². The monoisotopic (exact) mass is 247 g/mol. The number of amides is 1. The summed E-state index contributed by atoms with van der Waals surface area (Å²) in [6, 6.07) is 8.08. The lowest BCUT2D eigenvalue weighted by Gasteiger charge is -2.13. The molecule has 1 aromatic rings. The lowest BCUT2D eigenvalue weighted by molar-refractivity contribution is -0.123. The van der Waals surface area contributed by atoms with Crippen LogP contribution in [0.2, 0.25) is 0 Å². The lowest BCUT2D eigenvalue weighted by atomic mass is 10.1. The van der Waals surface area contributed by atoms with Crippen LogP contribution in [-0.4, -0.2) is 18.6 Å². The van der Waals surface area contributed by atoms with E-state index in [0.717, 1.165) is 30.1 Å². The minimum absolute atomic E-state index is 0.0163. The van der Waals surface area contributed by atoms with Gasteiger partial charge in [-0.25, -0.2) is 0 Å². The van der Waals surface area contributed by atoms with Crippen molar-refractivity contribution in [1.29, 1.82) is 0 Å². The first-order chi connectivity index (χ1) is 8.65. The van der Waals surface area contributed by atoms with Crippen LogP contribution in [0.15, 0.2) is 24.3 Å². The molecule has 1 fully saturated rings. The van der Waals surface area contributed by atoms with E-state index in [1.54, 1.807) is 0 Å². The third kappa shape index (κ3) is 3.49. The molecule has 2 atom stereocenters. The van der Waals surface area contributed by atoms with Gasteiger partial charge in [-0.2, -0.15) is 0 Å². The summed E-state index contributed by atoms with van der Waals surface area (Å²) in [5.41, 5.74) is 1.06. The Hall–Kier alpha value is -1.51. The van der Waals surface area contributed by atoms with Gasteiger partial charge in [0.1, 0.15) is 5.75 Å². The van der Waals surface area contributed by atoms with Crippen LogP contribution in [-0.2, 0) is 4.79 Å². The van der Waals surface area contributed by atoms with Gasteiger partial charge in [-0.1, -0.05) is 25.1 Å². The molecule has 18 heavy (non-hydrogen) atoms. The van der Waals surface area contributed by atoms with E-state index in [9.17, 15) is 4.79 Å². The van der Waals surface area contributed by atoms with Crippen molar-refractivity contribution in [3.8, 4) is 5.75 Å². The first kappa shape index (κ1) is 12.9. The molecule has 1 aromatic carbocycles. The van der Waals surface area contributed by atoms with E-state index in [2.05, 4.69) is 12.2 Å². The zero-order valence-electron chi connectivity index (χ0n) is 11.1. The number of benzene rings is 1. The Labute approximate surface area is 109 Å². The Bertz CT molecular complexity index is 417. The van der Waals surface area contributed by atoms with Gasteiger partial charge in [0.2, 0.25) is 0 Å². The second-order valence-electron chi connectivity index (χ2n) is 5.24. The van der Waals surface area contributed by atoms with Gasteiger partial charge in [0.15, 0.2) is 6.61 Å². The Kier molecular flexibility index (Phi) is 4.24. The molecule has 0 spiro atoms. The normalized spacial score (nSPS) is 22.8. The van der Waals surface area contributed by atoms with Gasteiger partial charge >= 0.3 is 0 Å². The van der Waals surface area contributed by atoms with Crippen LogP contribution >= 0.6 is 0 Å². The van der Waals surface area contributed by atoms with Gasteiger partial charge in [0.25, 0.3) is 5.91 Å². The van der Waals surface area contributed by atoms with Crippen molar-refractivity contribution in [3.63, 3.8) is 0 Å². The van der Waals surface area contributed by atoms with Crippen LogP contribution in [0.25, 0.3) is 0 Å². The van der Waals surface area contributed by atoms with Crippen molar-refractivity contribution < 1.29 is 9.53 Å². The van der Waals surface area contributed by atoms with E-state index < -0.39 is 0 Å². The van der Waals surface area contributed by atoms with Gasteiger partial charge in [-0.15, -0.1) is 0 Å². The van der Waals surface area contributed by atoms with Crippen molar-refractivity contribution in [3.05, 3.63) is 29.8 Å². The molecule has 0 bridgehead atoms. The Morgan fingerprint density at radius 2 is 2.17 bits per heavy atom. The van der Waals surface area contributed by atoms with Gasteiger partial charge in [0, 0.05) is 6.04 Å². The maximum Gasteiger partial charge on any atom is 0.258 e. The maximum absolute atomic E-state index is 11.8. The van der Waals surface area contributed by atoms with Crippen molar-refractivity contribution in [2.24, 2.45) is 5.92 Å². The molecule has 1 saturated carbocycles. The summed E-state index contributed by atoms with van der Waals surface area (Å²) < 4.78 is 5.52. The van der Waals surface area contributed by atoms with Gasteiger partial charge in [-0.05, 0) is 43.7 Å². The number of hydrogen-bond acceptors (Lipinski definition) is 2. The van der Waals surface area contributed by atoms with Crippen molar-refractivity contribution >= 4 is 5.91 Å². The smallest absolute Gasteiger partial charge is 0.258 e. The van der Waals surface area contributed by atoms with E-state index in [0.29, 0.717) is 6.04 Å². The highest BCUT2D eigenvalue weighted by atomic mass is 16.5. The second kappa shape index (κ2) is 5.89. The second-order valence-corrected chi connectivity index (χ2v) is 5.24. The molecule has 3 heteroatoms. The summed E-state index contributed by atoms with van der Waals surface area (Å²) in [6.07, 6.45) is 3.40. The largest absolute Gasteiger partial charge is 0.484 e. The predicted octanol–water partition coefficient (Wildman–Crippen LogP) is 2.68. The van der Waals surface area contributed by atoms with Crippen molar-refractivity contribution in [1.82, 2.24) is 5.32 Å². The number of carbonyl (C=O) groups is 1. The van der Waals surface area contributed by atoms with Crippen LogP contribution in [0.4, 0.5) is 0 Å². The summed E-state index contributed by atoms with van der Waals surface area (Å²) in [6.45, 7) is 4.32. The Balaban J connectivity index is 1.77. The summed E-state index contributed by atoms with van der Waals surface area (Å²) in [4.78, 5) is 11.8. The molecule has 0 radical (unpaired) electrons. The van der Waals surface area contributed by atoms with Crippen LogP contribution in [0.3, 0.4) is 0 Å². The maximum atomic E-state index is 11.8. The number of aryl methyl sites for hydroxylation is 1. The van der Waals surface area contributed by atoms with E-state index in [1.807, 2.05) is 31.2 Å². The number of nitrogens with one attached hydrogen (secondary N) is 1. The molecule has 1 amide bonds. The predicted molar refractivity (Wildman–Crippen MR) is 71.6 cm³/mol. The fourth-order valence-electron chi connectivity index (χ4n) is 2.47. The molecule has 0 heterocycles. The van der Waals surface area contributed by atoms with Crippen LogP contribution in [0.5, 0.6) is 5.75 Å². The zero-order chi connectivity index (χ0) is 13.0. The topological polar surface area (TPSA) is 38.3 Å². The third-order valence-electron chi connectivity index (χ3n) is 3.51. The number of para-hydroxylation sites is 1. The number of carbonyl (C=O) groups excluding carboxylic acids is 1. The molecule has 1 aliphatic carbocycles. The van der Waals surface area contributed by atoms with E-state index in [-0.39, 0.29) is 12.5 Å². The number of ether oxygens (including phenoxy) is 1. The van der Waals surface area contributed by atoms with E-state index >= 15 is 0 Å². The fraction of sp³-hybridized carbons (Fsp3) is 0.533. The van der Waals surface area contributed by atoms with Gasteiger partial charge in [0.05, 0.1) is 0 Å². The quantitative estimate of drug-likeness (QED) is 0.888. The minimum Gasteiger partial charge on any atom is -0.484 e. The first-order valence-corrected chi connectivity index (χ1v) is 6.63.